The quantitative estimate of drug-likeness (QED) is 0.598. The lowest BCUT2D eigenvalue weighted by molar-refractivity contribution is 1.31. The molecule has 0 saturated carbocycles. The van der Waals surface area contributed by atoms with Gasteiger partial charge in [0.25, 0.3) is 0 Å². The van der Waals surface area contributed by atoms with Crippen LogP contribution in [0.15, 0.2) is 30.9 Å². The van der Waals surface area contributed by atoms with E-state index in [4.69, 9.17) is 5.73 Å². The molecule has 0 fully saturated rings. The Balaban J connectivity index is 2.36. The summed E-state index contributed by atoms with van der Waals surface area (Å²) >= 11 is 1.60. The predicted molar refractivity (Wildman–Crippen MR) is 62.7 cm³/mol. The Kier molecular flexibility index (Phi) is 2.37. The van der Waals surface area contributed by atoms with E-state index < -0.39 is 0 Å². The van der Waals surface area contributed by atoms with E-state index >= 15 is 0 Å². The number of thiazole rings is 1. The fourth-order valence-corrected chi connectivity index (χ4v) is 2.10. The molecule has 0 aliphatic heterocycles. The van der Waals surface area contributed by atoms with Crippen molar-refractivity contribution in [3.8, 4) is 0 Å². The van der Waals surface area contributed by atoms with Crippen molar-refractivity contribution in [2.45, 2.75) is 0 Å². The van der Waals surface area contributed by atoms with Crippen molar-refractivity contribution >= 4 is 32.4 Å². The fraction of sp³-hybridized carbons (Fsp3) is 0.100. The Morgan fingerprint density at radius 3 is 3.21 bits per heavy atom. The molecule has 1 heterocycles. The molecular weight excluding hydrogens is 194 g/mol. The van der Waals surface area contributed by atoms with Crippen molar-refractivity contribution in [3.63, 3.8) is 0 Å². The molecule has 0 atom stereocenters. The van der Waals surface area contributed by atoms with E-state index in [0.29, 0.717) is 0 Å². The third-order valence-electron chi connectivity index (χ3n) is 1.81. The number of aromatic nitrogens is 1. The number of benzene rings is 1. The molecule has 0 aliphatic carbocycles. The highest BCUT2D eigenvalue weighted by Gasteiger charge is 2.02. The molecule has 0 unspecified atom stereocenters. The fourth-order valence-electron chi connectivity index (χ4n) is 1.18. The van der Waals surface area contributed by atoms with E-state index in [-0.39, 0.29) is 0 Å². The molecule has 1 aromatic carbocycles. The molecule has 4 heteroatoms. The summed E-state index contributed by atoms with van der Waals surface area (Å²) in [7, 11) is 0. The van der Waals surface area contributed by atoms with Gasteiger partial charge in [0.1, 0.15) is 0 Å². The van der Waals surface area contributed by atoms with Crippen LogP contribution in [0.5, 0.6) is 0 Å². The van der Waals surface area contributed by atoms with E-state index in [0.717, 1.165) is 27.6 Å². The van der Waals surface area contributed by atoms with Crippen LogP contribution in [0.3, 0.4) is 0 Å². The molecule has 0 amide bonds. The second kappa shape index (κ2) is 3.67. The van der Waals surface area contributed by atoms with Crippen molar-refractivity contribution in [2.75, 3.05) is 17.6 Å². The first-order valence-corrected chi connectivity index (χ1v) is 5.12. The van der Waals surface area contributed by atoms with Gasteiger partial charge in [0.05, 0.1) is 10.2 Å². The average molecular weight is 205 g/mol. The van der Waals surface area contributed by atoms with Crippen LogP contribution >= 0.6 is 11.3 Å². The van der Waals surface area contributed by atoms with Crippen molar-refractivity contribution in [1.29, 1.82) is 0 Å². The van der Waals surface area contributed by atoms with Gasteiger partial charge in [0, 0.05) is 12.2 Å². The van der Waals surface area contributed by atoms with Gasteiger partial charge >= 0.3 is 0 Å². The molecule has 0 spiro atoms. The smallest absolute Gasteiger partial charge is 0.184 e. The van der Waals surface area contributed by atoms with Gasteiger partial charge in [-0.3, -0.25) is 0 Å². The van der Waals surface area contributed by atoms with Gasteiger partial charge in [-0.05, 0) is 18.2 Å². The molecule has 0 aliphatic rings. The summed E-state index contributed by atoms with van der Waals surface area (Å²) in [5, 5.41) is 4.06. The lowest BCUT2D eigenvalue weighted by atomic mass is 10.3. The van der Waals surface area contributed by atoms with E-state index in [1.165, 1.54) is 0 Å². The summed E-state index contributed by atoms with van der Waals surface area (Å²) in [5.74, 6) is 0. The van der Waals surface area contributed by atoms with Gasteiger partial charge in [-0.15, -0.1) is 6.58 Å². The SMILES string of the molecule is C=CCNc1nc2ccc(N)cc2s1. The number of anilines is 2. The van der Waals surface area contributed by atoms with Crippen LogP contribution in [0.2, 0.25) is 0 Å². The van der Waals surface area contributed by atoms with Crippen molar-refractivity contribution < 1.29 is 0 Å². The van der Waals surface area contributed by atoms with E-state index in [2.05, 4.69) is 16.9 Å². The number of nitrogens with zero attached hydrogens (tertiary/aromatic N) is 1. The number of nitrogens with two attached hydrogens (primary N) is 1. The number of hydrogen-bond acceptors (Lipinski definition) is 4. The summed E-state index contributed by atoms with van der Waals surface area (Å²) in [4.78, 5) is 4.40. The maximum absolute atomic E-state index is 5.68. The van der Waals surface area contributed by atoms with E-state index in [1.54, 1.807) is 17.4 Å². The zero-order chi connectivity index (χ0) is 9.97. The maximum atomic E-state index is 5.68. The lowest BCUT2D eigenvalue weighted by Crippen LogP contribution is -1.95. The Bertz CT molecular complexity index is 461. The number of hydrogen-bond donors (Lipinski definition) is 2. The number of nitrogens with one attached hydrogen (secondary N) is 1. The highest BCUT2D eigenvalue weighted by molar-refractivity contribution is 7.22. The van der Waals surface area contributed by atoms with Gasteiger partial charge in [-0.2, -0.15) is 0 Å². The second-order valence-corrected chi connectivity index (χ2v) is 3.95. The third kappa shape index (κ3) is 1.70. The molecule has 0 bridgehead atoms. The van der Waals surface area contributed by atoms with Crippen molar-refractivity contribution in [3.05, 3.63) is 30.9 Å². The summed E-state index contributed by atoms with van der Waals surface area (Å²) in [6.45, 7) is 4.37. The molecule has 14 heavy (non-hydrogen) atoms. The van der Waals surface area contributed by atoms with Crippen LogP contribution in [-0.2, 0) is 0 Å². The monoisotopic (exact) mass is 205 g/mol. The molecular formula is C10H11N3S. The molecule has 1 aromatic heterocycles. The van der Waals surface area contributed by atoms with Gasteiger partial charge < -0.3 is 11.1 Å². The highest BCUT2D eigenvalue weighted by Crippen LogP contribution is 2.27. The summed E-state index contributed by atoms with van der Waals surface area (Å²) < 4.78 is 1.11. The van der Waals surface area contributed by atoms with E-state index in [1.807, 2.05) is 18.2 Å². The molecule has 0 radical (unpaired) electrons. The third-order valence-corrected chi connectivity index (χ3v) is 2.79. The summed E-state index contributed by atoms with van der Waals surface area (Å²) in [6.07, 6.45) is 1.81. The zero-order valence-electron chi connectivity index (χ0n) is 7.66. The average Bonchev–Trinajstić information content (AvgIpc) is 2.56. The van der Waals surface area contributed by atoms with Crippen LogP contribution in [-0.4, -0.2) is 11.5 Å². The van der Waals surface area contributed by atoms with Crippen molar-refractivity contribution in [1.82, 2.24) is 4.98 Å². The minimum Gasteiger partial charge on any atom is -0.399 e. The van der Waals surface area contributed by atoms with E-state index in [9.17, 15) is 0 Å². The Labute approximate surface area is 86.3 Å². The standard InChI is InChI=1S/C10H11N3S/c1-2-5-12-10-13-8-4-3-7(11)6-9(8)14-10/h2-4,6H,1,5,11H2,(H,12,13). The molecule has 0 saturated heterocycles. The summed E-state index contributed by atoms with van der Waals surface area (Å²) in [5.41, 5.74) is 7.43. The maximum Gasteiger partial charge on any atom is 0.184 e. The van der Waals surface area contributed by atoms with Gasteiger partial charge in [0.2, 0.25) is 0 Å². The van der Waals surface area contributed by atoms with Gasteiger partial charge in [0.15, 0.2) is 5.13 Å². The number of nitrogen functional groups attached to an aromatic ring is 1. The normalized spacial score (nSPS) is 10.3. The largest absolute Gasteiger partial charge is 0.399 e. The minimum atomic E-state index is 0.731. The topological polar surface area (TPSA) is 50.9 Å². The second-order valence-electron chi connectivity index (χ2n) is 2.92. The predicted octanol–water partition coefficient (Wildman–Crippen LogP) is 2.48. The van der Waals surface area contributed by atoms with Crippen LogP contribution in [0, 0.1) is 0 Å². The Morgan fingerprint density at radius 2 is 2.43 bits per heavy atom. The van der Waals surface area contributed by atoms with Crippen LogP contribution in [0.4, 0.5) is 10.8 Å². The first kappa shape index (κ1) is 9.02. The van der Waals surface area contributed by atoms with Crippen LogP contribution in [0.1, 0.15) is 0 Å². The Hall–Kier alpha value is -1.55. The lowest BCUT2D eigenvalue weighted by Gasteiger charge is -1.93. The number of rotatable bonds is 3. The molecule has 2 aromatic rings. The number of fused-ring (bicyclic) bond motifs is 1. The van der Waals surface area contributed by atoms with Crippen LogP contribution in [0.25, 0.3) is 10.2 Å². The first-order valence-electron chi connectivity index (χ1n) is 4.30. The highest BCUT2D eigenvalue weighted by atomic mass is 32.1. The van der Waals surface area contributed by atoms with Crippen LogP contribution < -0.4 is 11.1 Å². The Morgan fingerprint density at radius 1 is 1.57 bits per heavy atom. The van der Waals surface area contributed by atoms with Crippen molar-refractivity contribution in [2.24, 2.45) is 0 Å². The molecule has 72 valence electrons. The minimum absolute atomic E-state index is 0.731. The zero-order valence-corrected chi connectivity index (χ0v) is 8.47. The first-order chi connectivity index (χ1) is 6.79. The van der Waals surface area contributed by atoms with Gasteiger partial charge in [-0.25, -0.2) is 4.98 Å². The molecule has 3 nitrogen and oxygen atoms in total. The summed E-state index contributed by atoms with van der Waals surface area (Å²) in [6, 6.07) is 5.73. The molecule has 3 N–H and O–H groups in total. The molecule has 2 rings (SSSR count). The van der Waals surface area contributed by atoms with Gasteiger partial charge in [-0.1, -0.05) is 17.4 Å².